The Morgan fingerprint density at radius 1 is 1.17 bits per heavy atom. The standard InChI is InChI=1S/C28H30BrN3O3/c1-26(2,3)35-25(33)31-24-21-8-5-17(16-30)13-23(21)28(32-24)22-14-19(29)7-6-18(22)15-27(28)11-9-20(34-4)10-12-27/h5-8,13-14,20H,9-12,15H2,1-4H3,(H,31,32,33). The number of aliphatic imine (C=N–C) groups is 1. The first-order valence-electron chi connectivity index (χ1n) is 12.1. The van der Waals surface area contributed by atoms with E-state index in [9.17, 15) is 10.1 Å². The van der Waals surface area contributed by atoms with Gasteiger partial charge in [0.2, 0.25) is 0 Å². The van der Waals surface area contributed by atoms with Gasteiger partial charge < -0.3 is 9.47 Å². The van der Waals surface area contributed by atoms with E-state index in [1.165, 1.54) is 5.56 Å². The van der Waals surface area contributed by atoms with Gasteiger partial charge in [0.1, 0.15) is 17.0 Å². The van der Waals surface area contributed by atoms with Crippen molar-refractivity contribution in [3.8, 4) is 6.07 Å². The molecule has 35 heavy (non-hydrogen) atoms. The molecule has 0 saturated heterocycles. The molecule has 0 bridgehead atoms. The van der Waals surface area contributed by atoms with E-state index in [1.807, 2.05) is 32.9 Å². The highest BCUT2D eigenvalue weighted by molar-refractivity contribution is 9.10. The van der Waals surface area contributed by atoms with Crippen molar-refractivity contribution in [2.24, 2.45) is 10.4 Å². The third-order valence-electron chi connectivity index (χ3n) is 7.67. The van der Waals surface area contributed by atoms with Gasteiger partial charge in [0, 0.05) is 22.6 Å². The van der Waals surface area contributed by atoms with E-state index < -0.39 is 17.2 Å². The maximum atomic E-state index is 12.8. The van der Waals surface area contributed by atoms with Gasteiger partial charge >= 0.3 is 6.09 Å². The number of benzene rings is 2. The summed E-state index contributed by atoms with van der Waals surface area (Å²) in [6.45, 7) is 5.52. The lowest BCUT2D eigenvalue weighted by Gasteiger charge is -2.47. The van der Waals surface area contributed by atoms with Crippen molar-refractivity contribution in [1.29, 1.82) is 5.26 Å². The summed E-state index contributed by atoms with van der Waals surface area (Å²) in [4.78, 5) is 18.2. The second-order valence-corrected chi connectivity index (χ2v) is 11.8. The molecule has 3 aliphatic rings. The van der Waals surface area contributed by atoms with Crippen molar-refractivity contribution < 1.29 is 14.3 Å². The molecule has 1 N–H and O–H groups in total. The number of nitriles is 1. The molecular formula is C28H30BrN3O3. The topological polar surface area (TPSA) is 83.7 Å². The van der Waals surface area contributed by atoms with Gasteiger partial charge in [-0.25, -0.2) is 4.79 Å². The Labute approximate surface area is 214 Å². The number of methoxy groups -OCH3 is 1. The quantitative estimate of drug-likeness (QED) is 0.486. The minimum absolute atomic E-state index is 0.175. The molecule has 2 spiro atoms. The van der Waals surface area contributed by atoms with Gasteiger partial charge in [-0.05, 0) is 99.9 Å². The van der Waals surface area contributed by atoms with E-state index in [-0.39, 0.29) is 11.5 Å². The number of halogens is 1. The van der Waals surface area contributed by atoms with E-state index in [0.29, 0.717) is 11.4 Å². The van der Waals surface area contributed by atoms with Crippen LogP contribution in [0.1, 0.15) is 74.3 Å². The first-order valence-corrected chi connectivity index (χ1v) is 12.9. The summed E-state index contributed by atoms with van der Waals surface area (Å²) in [6, 6.07) is 14.4. The highest BCUT2D eigenvalue weighted by Crippen LogP contribution is 2.65. The number of carbonyl (C=O) groups is 1. The molecule has 1 fully saturated rings. The zero-order valence-electron chi connectivity index (χ0n) is 20.6. The largest absolute Gasteiger partial charge is 0.444 e. The summed E-state index contributed by atoms with van der Waals surface area (Å²) in [7, 11) is 1.78. The monoisotopic (exact) mass is 535 g/mol. The summed E-state index contributed by atoms with van der Waals surface area (Å²) in [5.41, 5.74) is 3.31. The van der Waals surface area contributed by atoms with Crippen LogP contribution in [0.5, 0.6) is 0 Å². The van der Waals surface area contributed by atoms with E-state index in [1.54, 1.807) is 13.2 Å². The number of amides is 1. The maximum Gasteiger partial charge on any atom is 0.413 e. The van der Waals surface area contributed by atoms with Gasteiger partial charge in [-0.3, -0.25) is 10.3 Å². The smallest absolute Gasteiger partial charge is 0.413 e. The van der Waals surface area contributed by atoms with Crippen LogP contribution in [0.3, 0.4) is 0 Å². The van der Waals surface area contributed by atoms with Crippen molar-refractivity contribution in [1.82, 2.24) is 5.32 Å². The van der Waals surface area contributed by atoms with E-state index in [4.69, 9.17) is 14.5 Å². The third kappa shape index (κ3) is 3.88. The normalized spacial score (nSPS) is 26.7. The molecule has 182 valence electrons. The molecular weight excluding hydrogens is 506 g/mol. The first-order chi connectivity index (χ1) is 16.6. The molecule has 6 nitrogen and oxygen atoms in total. The fourth-order valence-corrected chi connectivity index (χ4v) is 6.61. The second kappa shape index (κ2) is 8.46. The van der Waals surface area contributed by atoms with Crippen LogP contribution in [-0.2, 0) is 21.4 Å². The SMILES string of the molecule is COC1CCC2(CC1)Cc1ccc(Br)cc1C21N=C(NC(=O)OC(C)(C)C)c2ccc(C#N)cc21. The van der Waals surface area contributed by atoms with Crippen LogP contribution in [0, 0.1) is 16.7 Å². The molecule has 2 aromatic carbocycles. The highest BCUT2D eigenvalue weighted by atomic mass is 79.9. The lowest BCUT2D eigenvalue weighted by molar-refractivity contribution is 0.00680. The predicted octanol–water partition coefficient (Wildman–Crippen LogP) is 5.98. The summed E-state index contributed by atoms with van der Waals surface area (Å²) in [5, 5.41) is 12.7. The van der Waals surface area contributed by atoms with Gasteiger partial charge in [-0.15, -0.1) is 0 Å². The average Bonchev–Trinajstić information content (AvgIpc) is 3.26. The molecule has 0 radical (unpaired) electrons. The van der Waals surface area contributed by atoms with E-state index >= 15 is 0 Å². The Balaban J connectivity index is 1.71. The van der Waals surface area contributed by atoms with Gasteiger partial charge in [0.05, 0.1) is 17.7 Å². The molecule has 2 aliphatic carbocycles. The number of nitrogens with one attached hydrogen (secondary N) is 1. The fourth-order valence-electron chi connectivity index (χ4n) is 6.25. The third-order valence-corrected chi connectivity index (χ3v) is 8.17. The average molecular weight is 536 g/mol. The second-order valence-electron chi connectivity index (χ2n) is 10.9. The number of rotatable bonds is 1. The maximum absolute atomic E-state index is 12.8. The minimum Gasteiger partial charge on any atom is -0.444 e. The van der Waals surface area contributed by atoms with Crippen LogP contribution in [0.25, 0.3) is 0 Å². The van der Waals surface area contributed by atoms with Crippen LogP contribution in [0.15, 0.2) is 45.9 Å². The van der Waals surface area contributed by atoms with Crippen molar-refractivity contribution in [3.63, 3.8) is 0 Å². The molecule has 1 heterocycles. The molecule has 1 amide bonds. The van der Waals surface area contributed by atoms with Crippen molar-refractivity contribution in [2.45, 2.75) is 70.1 Å². The van der Waals surface area contributed by atoms with Gasteiger partial charge in [-0.2, -0.15) is 5.26 Å². The van der Waals surface area contributed by atoms with Gasteiger partial charge in [0.25, 0.3) is 0 Å². The Bertz CT molecular complexity index is 1270. The van der Waals surface area contributed by atoms with Crippen LogP contribution in [-0.4, -0.2) is 30.7 Å². The molecule has 1 unspecified atom stereocenters. The number of nitrogens with zero attached hydrogens (tertiary/aromatic N) is 2. The zero-order chi connectivity index (χ0) is 25.0. The van der Waals surface area contributed by atoms with Crippen molar-refractivity contribution >= 4 is 27.9 Å². The number of carbonyl (C=O) groups excluding carboxylic acids is 1. The summed E-state index contributed by atoms with van der Waals surface area (Å²) < 4.78 is 12.3. The summed E-state index contributed by atoms with van der Waals surface area (Å²) >= 11 is 3.67. The lowest BCUT2D eigenvalue weighted by Crippen LogP contribution is -2.45. The fraction of sp³-hybridized carbons (Fsp3) is 0.464. The van der Waals surface area contributed by atoms with Gasteiger partial charge in [0.15, 0.2) is 0 Å². The molecule has 1 atom stereocenters. The van der Waals surface area contributed by atoms with Crippen molar-refractivity contribution in [2.75, 3.05) is 7.11 Å². The molecule has 1 aliphatic heterocycles. The number of amidine groups is 1. The van der Waals surface area contributed by atoms with E-state index in [0.717, 1.165) is 53.3 Å². The van der Waals surface area contributed by atoms with Crippen LogP contribution in [0.4, 0.5) is 4.79 Å². The number of hydrogen-bond acceptors (Lipinski definition) is 5. The Morgan fingerprint density at radius 2 is 1.91 bits per heavy atom. The van der Waals surface area contributed by atoms with Crippen LogP contribution in [0.2, 0.25) is 0 Å². The van der Waals surface area contributed by atoms with Crippen LogP contribution < -0.4 is 5.32 Å². The van der Waals surface area contributed by atoms with Crippen LogP contribution >= 0.6 is 15.9 Å². The Kier molecular flexibility index (Phi) is 5.81. The zero-order valence-corrected chi connectivity index (χ0v) is 22.2. The summed E-state index contributed by atoms with van der Waals surface area (Å²) in [6.07, 6.45) is 4.38. The molecule has 7 heteroatoms. The molecule has 1 saturated carbocycles. The van der Waals surface area contributed by atoms with Crippen molar-refractivity contribution in [3.05, 3.63) is 68.7 Å². The summed E-state index contributed by atoms with van der Waals surface area (Å²) in [5.74, 6) is 0.500. The minimum atomic E-state index is -0.697. The predicted molar refractivity (Wildman–Crippen MR) is 137 cm³/mol. The Hall–Kier alpha value is -2.69. The molecule has 0 aromatic heterocycles. The van der Waals surface area contributed by atoms with Gasteiger partial charge in [-0.1, -0.05) is 22.0 Å². The highest BCUT2D eigenvalue weighted by Gasteiger charge is 2.62. The lowest BCUT2D eigenvalue weighted by atomic mass is 9.59. The number of ether oxygens (including phenoxy) is 2. The number of fused-ring (bicyclic) bond motifs is 5. The van der Waals surface area contributed by atoms with E-state index in [2.05, 4.69) is 45.5 Å². The molecule has 2 aromatic rings. The Morgan fingerprint density at radius 3 is 2.57 bits per heavy atom. The first kappa shape index (κ1) is 24.0. The number of hydrogen-bond donors (Lipinski definition) is 1. The molecule has 5 rings (SSSR count). The number of alkyl carbamates (subject to hydrolysis) is 1.